The van der Waals surface area contributed by atoms with Gasteiger partial charge in [0.15, 0.2) is 5.78 Å². The van der Waals surface area contributed by atoms with Crippen LogP contribution in [0.25, 0.3) is 0 Å². The molecular formula is C15H20BrNO2. The molecule has 1 fully saturated rings. The smallest absolute Gasteiger partial charge is 0.159 e. The standard InChI is InChI=1S/C15H20BrNO2/c1-11(18)12-6-7-15(14(16)9-12)19-10-13-5-3-4-8-17(13)2/h6-7,9,13H,3-5,8,10H2,1-2H3. The van der Waals surface area contributed by atoms with Crippen LogP contribution in [-0.2, 0) is 0 Å². The van der Waals surface area contributed by atoms with E-state index in [1.807, 2.05) is 18.2 Å². The van der Waals surface area contributed by atoms with E-state index in [1.165, 1.54) is 19.3 Å². The number of hydrogen-bond donors (Lipinski definition) is 0. The Labute approximate surface area is 123 Å². The van der Waals surface area contributed by atoms with Crippen molar-refractivity contribution in [3.63, 3.8) is 0 Å². The highest BCUT2D eigenvalue weighted by molar-refractivity contribution is 9.10. The summed E-state index contributed by atoms with van der Waals surface area (Å²) in [5, 5.41) is 0. The molecule has 0 bridgehead atoms. The fourth-order valence-electron chi connectivity index (χ4n) is 2.38. The first-order valence-corrected chi connectivity index (χ1v) is 7.51. The molecule has 0 saturated carbocycles. The molecule has 1 aliphatic rings. The summed E-state index contributed by atoms with van der Waals surface area (Å²) in [6.07, 6.45) is 3.76. The lowest BCUT2D eigenvalue weighted by Gasteiger charge is -2.32. The van der Waals surface area contributed by atoms with Crippen LogP contribution in [0.1, 0.15) is 36.5 Å². The normalized spacial score (nSPS) is 20.3. The quantitative estimate of drug-likeness (QED) is 0.793. The van der Waals surface area contributed by atoms with Crippen molar-refractivity contribution in [3.8, 4) is 5.75 Å². The number of Topliss-reactive ketones (excluding diaryl/α,β-unsaturated/α-hetero) is 1. The Balaban J connectivity index is 1.97. The van der Waals surface area contributed by atoms with Crippen molar-refractivity contribution in [1.29, 1.82) is 0 Å². The van der Waals surface area contributed by atoms with E-state index in [9.17, 15) is 4.79 Å². The third-order valence-electron chi connectivity index (χ3n) is 3.69. The summed E-state index contributed by atoms with van der Waals surface area (Å²) >= 11 is 3.46. The molecule has 1 aromatic carbocycles. The van der Waals surface area contributed by atoms with Crippen LogP contribution in [0.15, 0.2) is 22.7 Å². The number of likely N-dealkylation sites (tertiary alicyclic amines) is 1. The van der Waals surface area contributed by atoms with Crippen molar-refractivity contribution in [2.75, 3.05) is 20.2 Å². The summed E-state index contributed by atoms with van der Waals surface area (Å²) in [5.41, 5.74) is 0.703. The van der Waals surface area contributed by atoms with Crippen molar-refractivity contribution >= 4 is 21.7 Å². The zero-order chi connectivity index (χ0) is 13.8. The molecule has 4 heteroatoms. The van der Waals surface area contributed by atoms with Gasteiger partial charge in [0.25, 0.3) is 0 Å². The number of hydrogen-bond acceptors (Lipinski definition) is 3. The van der Waals surface area contributed by atoms with E-state index in [0.717, 1.165) is 16.8 Å². The molecular weight excluding hydrogens is 306 g/mol. The zero-order valence-electron chi connectivity index (χ0n) is 11.5. The summed E-state index contributed by atoms with van der Waals surface area (Å²) in [5.74, 6) is 0.878. The van der Waals surface area contributed by atoms with Gasteiger partial charge in [-0.2, -0.15) is 0 Å². The first-order chi connectivity index (χ1) is 9.08. The van der Waals surface area contributed by atoms with Crippen LogP contribution in [0.5, 0.6) is 5.75 Å². The van der Waals surface area contributed by atoms with E-state index in [-0.39, 0.29) is 5.78 Å². The predicted molar refractivity (Wildman–Crippen MR) is 79.9 cm³/mol. The number of piperidine rings is 1. The van der Waals surface area contributed by atoms with Gasteiger partial charge in [0, 0.05) is 11.6 Å². The van der Waals surface area contributed by atoms with Crippen LogP contribution in [0.2, 0.25) is 0 Å². The number of rotatable bonds is 4. The minimum atomic E-state index is 0.0688. The van der Waals surface area contributed by atoms with Gasteiger partial charge in [-0.15, -0.1) is 0 Å². The average Bonchev–Trinajstić information content (AvgIpc) is 2.39. The van der Waals surface area contributed by atoms with Crippen molar-refractivity contribution in [2.24, 2.45) is 0 Å². The molecule has 1 saturated heterocycles. The summed E-state index contributed by atoms with van der Waals surface area (Å²) in [6.45, 7) is 3.42. The number of ketones is 1. The summed E-state index contributed by atoms with van der Waals surface area (Å²) in [4.78, 5) is 13.7. The molecule has 1 aromatic rings. The number of halogens is 1. The molecule has 0 spiro atoms. The van der Waals surface area contributed by atoms with Crippen LogP contribution < -0.4 is 4.74 Å². The Morgan fingerprint density at radius 3 is 2.89 bits per heavy atom. The molecule has 1 atom stereocenters. The highest BCUT2D eigenvalue weighted by atomic mass is 79.9. The first-order valence-electron chi connectivity index (χ1n) is 6.71. The number of carbonyl (C=O) groups is 1. The fraction of sp³-hybridized carbons (Fsp3) is 0.533. The van der Waals surface area contributed by atoms with Gasteiger partial charge in [-0.25, -0.2) is 0 Å². The molecule has 104 valence electrons. The van der Waals surface area contributed by atoms with E-state index in [2.05, 4.69) is 27.9 Å². The molecule has 19 heavy (non-hydrogen) atoms. The largest absolute Gasteiger partial charge is 0.491 e. The van der Waals surface area contributed by atoms with E-state index >= 15 is 0 Å². The first kappa shape index (κ1) is 14.5. The molecule has 1 heterocycles. The highest BCUT2D eigenvalue weighted by Crippen LogP contribution is 2.27. The summed E-state index contributed by atoms with van der Waals surface area (Å²) < 4.78 is 6.73. The molecule has 0 aromatic heterocycles. The maximum Gasteiger partial charge on any atom is 0.159 e. The predicted octanol–water partition coefficient (Wildman–Crippen LogP) is 3.51. The number of ether oxygens (including phenoxy) is 1. The molecule has 0 aliphatic carbocycles. The number of likely N-dealkylation sites (N-methyl/N-ethyl adjacent to an activating group) is 1. The average molecular weight is 326 g/mol. The lowest BCUT2D eigenvalue weighted by atomic mass is 10.0. The van der Waals surface area contributed by atoms with Crippen molar-refractivity contribution < 1.29 is 9.53 Å². The Kier molecular flexibility index (Phi) is 4.99. The third kappa shape index (κ3) is 3.80. The van der Waals surface area contributed by atoms with Gasteiger partial charge < -0.3 is 9.64 Å². The summed E-state index contributed by atoms with van der Waals surface area (Å²) in [7, 11) is 2.15. The Morgan fingerprint density at radius 1 is 1.47 bits per heavy atom. The van der Waals surface area contributed by atoms with Crippen LogP contribution in [0.4, 0.5) is 0 Å². The summed E-state index contributed by atoms with van der Waals surface area (Å²) in [6, 6.07) is 5.99. The molecule has 1 aliphatic heterocycles. The lowest BCUT2D eigenvalue weighted by Crippen LogP contribution is -2.40. The van der Waals surface area contributed by atoms with Crippen molar-refractivity contribution in [2.45, 2.75) is 32.2 Å². The van der Waals surface area contributed by atoms with E-state index in [1.54, 1.807) is 6.92 Å². The lowest BCUT2D eigenvalue weighted by molar-refractivity contribution is 0.101. The van der Waals surface area contributed by atoms with Gasteiger partial charge in [-0.1, -0.05) is 6.42 Å². The van der Waals surface area contributed by atoms with Crippen LogP contribution in [-0.4, -0.2) is 36.9 Å². The van der Waals surface area contributed by atoms with Gasteiger partial charge >= 0.3 is 0 Å². The van der Waals surface area contributed by atoms with Crippen LogP contribution >= 0.6 is 15.9 Å². The topological polar surface area (TPSA) is 29.5 Å². The molecule has 0 N–H and O–H groups in total. The Hall–Kier alpha value is -0.870. The van der Waals surface area contributed by atoms with Gasteiger partial charge in [-0.05, 0) is 67.5 Å². The molecule has 3 nitrogen and oxygen atoms in total. The minimum absolute atomic E-state index is 0.0688. The maximum absolute atomic E-state index is 11.3. The number of nitrogens with zero attached hydrogens (tertiary/aromatic N) is 1. The second kappa shape index (κ2) is 6.53. The van der Waals surface area contributed by atoms with Gasteiger partial charge in [0.2, 0.25) is 0 Å². The van der Waals surface area contributed by atoms with Crippen molar-refractivity contribution in [3.05, 3.63) is 28.2 Å². The fourth-order valence-corrected chi connectivity index (χ4v) is 2.87. The Bertz CT molecular complexity index is 461. The third-order valence-corrected chi connectivity index (χ3v) is 4.31. The van der Waals surface area contributed by atoms with Crippen molar-refractivity contribution in [1.82, 2.24) is 4.90 Å². The highest BCUT2D eigenvalue weighted by Gasteiger charge is 2.19. The second-order valence-corrected chi connectivity index (χ2v) is 6.00. The Morgan fingerprint density at radius 2 is 2.26 bits per heavy atom. The van der Waals surface area contributed by atoms with E-state index in [4.69, 9.17) is 4.74 Å². The van der Waals surface area contributed by atoms with E-state index in [0.29, 0.717) is 18.2 Å². The number of carbonyl (C=O) groups excluding carboxylic acids is 1. The van der Waals surface area contributed by atoms with E-state index < -0.39 is 0 Å². The molecule has 2 rings (SSSR count). The van der Waals surface area contributed by atoms with Crippen LogP contribution in [0.3, 0.4) is 0 Å². The number of benzene rings is 1. The molecule has 0 radical (unpaired) electrons. The SMILES string of the molecule is CC(=O)c1ccc(OCC2CCCCN2C)c(Br)c1. The van der Waals surface area contributed by atoms with Gasteiger partial charge in [0.1, 0.15) is 12.4 Å². The second-order valence-electron chi connectivity index (χ2n) is 5.14. The molecule has 1 unspecified atom stereocenters. The van der Waals surface area contributed by atoms with Gasteiger partial charge in [-0.3, -0.25) is 4.79 Å². The monoisotopic (exact) mass is 325 g/mol. The molecule has 0 amide bonds. The zero-order valence-corrected chi connectivity index (χ0v) is 13.1. The van der Waals surface area contributed by atoms with Gasteiger partial charge in [0.05, 0.1) is 4.47 Å². The maximum atomic E-state index is 11.3. The minimum Gasteiger partial charge on any atom is -0.491 e. The van der Waals surface area contributed by atoms with Crippen LogP contribution in [0, 0.1) is 0 Å².